The van der Waals surface area contributed by atoms with Gasteiger partial charge in [0, 0.05) is 30.1 Å². The lowest BCUT2D eigenvalue weighted by molar-refractivity contribution is -0.149. The third-order valence-corrected chi connectivity index (χ3v) is 6.09. The van der Waals surface area contributed by atoms with Gasteiger partial charge >= 0.3 is 5.97 Å². The third-order valence-electron chi connectivity index (χ3n) is 6.09. The van der Waals surface area contributed by atoms with Gasteiger partial charge in [-0.05, 0) is 30.4 Å². The molecule has 1 saturated heterocycles. The van der Waals surface area contributed by atoms with E-state index in [1.807, 2.05) is 44.3 Å². The van der Waals surface area contributed by atoms with Gasteiger partial charge in [0.25, 0.3) is 0 Å². The summed E-state index contributed by atoms with van der Waals surface area (Å²) in [5, 5.41) is 13.3. The molecule has 2 heterocycles. The maximum atomic E-state index is 13.3. The number of likely N-dealkylation sites (tertiary alicyclic amines) is 1. The maximum Gasteiger partial charge on any atom is 0.326 e. The lowest BCUT2D eigenvalue weighted by Crippen LogP contribution is -2.56. The van der Waals surface area contributed by atoms with Gasteiger partial charge in [-0.25, -0.2) is 4.79 Å². The number of H-pyrrole nitrogens is 1. The topological polar surface area (TPSA) is 129 Å². The molecule has 4 atom stereocenters. The number of carbonyl (C=O) groups is 3. The number of aromatic amines is 1. The van der Waals surface area contributed by atoms with Gasteiger partial charge in [0.1, 0.15) is 12.1 Å². The average molecular weight is 415 g/mol. The largest absolute Gasteiger partial charge is 0.480 e. The predicted molar refractivity (Wildman–Crippen MR) is 114 cm³/mol. The molecule has 1 aromatic heterocycles. The first-order valence-corrected chi connectivity index (χ1v) is 10.5. The number of rotatable bonds is 8. The summed E-state index contributed by atoms with van der Waals surface area (Å²) in [5.74, 6) is -1.83. The number of carboxylic acids is 1. The summed E-state index contributed by atoms with van der Waals surface area (Å²) in [5.41, 5.74) is 7.89. The van der Waals surface area contributed by atoms with E-state index in [1.54, 1.807) is 0 Å². The molecule has 1 aliphatic rings. The summed E-state index contributed by atoms with van der Waals surface area (Å²) < 4.78 is 0. The lowest BCUT2D eigenvalue weighted by Gasteiger charge is -2.28. The highest BCUT2D eigenvalue weighted by Crippen LogP contribution is 2.23. The van der Waals surface area contributed by atoms with E-state index in [0.717, 1.165) is 22.9 Å². The van der Waals surface area contributed by atoms with Gasteiger partial charge < -0.3 is 26.0 Å². The standard InChI is InChI=1S/C22H30N4O4/c1-3-13(2)19(23)20(27)25-17(21(28)26-10-6-9-18(26)22(29)30)11-14-12-24-16-8-5-4-7-15(14)16/h4-5,7-8,12-13,17-19,24H,3,6,9-11,23H2,1-2H3,(H,25,27)(H,29,30). The van der Waals surface area contributed by atoms with Gasteiger partial charge in [-0.2, -0.15) is 0 Å². The fourth-order valence-electron chi connectivity index (χ4n) is 3.99. The summed E-state index contributed by atoms with van der Waals surface area (Å²) in [6.45, 7) is 4.21. The SMILES string of the molecule is CCC(C)C(N)C(=O)NC(Cc1c[nH]c2ccccc12)C(=O)N1CCCC1C(=O)O. The minimum absolute atomic E-state index is 0.0348. The van der Waals surface area contributed by atoms with E-state index in [2.05, 4.69) is 10.3 Å². The Kier molecular flexibility index (Phi) is 6.77. The van der Waals surface area contributed by atoms with Gasteiger partial charge in [-0.1, -0.05) is 38.5 Å². The van der Waals surface area contributed by atoms with E-state index >= 15 is 0 Å². The Morgan fingerprint density at radius 1 is 1.33 bits per heavy atom. The van der Waals surface area contributed by atoms with Crippen LogP contribution in [0.1, 0.15) is 38.7 Å². The number of hydrogen-bond acceptors (Lipinski definition) is 4. The molecule has 0 spiro atoms. The van der Waals surface area contributed by atoms with Crippen molar-refractivity contribution in [1.29, 1.82) is 0 Å². The van der Waals surface area contributed by atoms with Gasteiger partial charge in [-0.15, -0.1) is 0 Å². The number of nitrogens with two attached hydrogens (primary N) is 1. The Labute approximate surface area is 175 Å². The first-order valence-electron chi connectivity index (χ1n) is 10.5. The molecule has 30 heavy (non-hydrogen) atoms. The minimum atomic E-state index is -1.02. The summed E-state index contributed by atoms with van der Waals surface area (Å²) in [4.78, 5) is 42.2. The van der Waals surface area contributed by atoms with Gasteiger partial charge in [0.15, 0.2) is 0 Å². The Hall–Kier alpha value is -2.87. The van der Waals surface area contributed by atoms with Gasteiger partial charge in [0.05, 0.1) is 6.04 Å². The van der Waals surface area contributed by atoms with Crippen LogP contribution in [0.15, 0.2) is 30.5 Å². The van der Waals surface area contributed by atoms with Crippen molar-refractivity contribution in [1.82, 2.24) is 15.2 Å². The third kappa shape index (κ3) is 4.48. The molecule has 0 radical (unpaired) electrons. The molecule has 8 heteroatoms. The number of nitrogens with one attached hydrogen (secondary N) is 2. The Bertz CT molecular complexity index is 925. The number of nitrogens with zero attached hydrogens (tertiary/aromatic N) is 1. The minimum Gasteiger partial charge on any atom is -0.480 e. The molecule has 1 fully saturated rings. The number of benzene rings is 1. The summed E-state index contributed by atoms with van der Waals surface area (Å²) in [7, 11) is 0. The summed E-state index contributed by atoms with van der Waals surface area (Å²) in [6, 6.07) is 5.24. The number of hydrogen-bond donors (Lipinski definition) is 4. The van der Waals surface area contributed by atoms with Crippen LogP contribution < -0.4 is 11.1 Å². The smallest absolute Gasteiger partial charge is 0.326 e. The van der Waals surface area contributed by atoms with Gasteiger partial charge in [-0.3, -0.25) is 9.59 Å². The quantitative estimate of drug-likeness (QED) is 0.522. The number of fused-ring (bicyclic) bond motifs is 1. The number of aromatic nitrogens is 1. The highest BCUT2D eigenvalue weighted by molar-refractivity contribution is 5.93. The molecule has 8 nitrogen and oxygen atoms in total. The molecule has 0 aliphatic carbocycles. The molecular formula is C22H30N4O4. The van der Waals surface area contributed by atoms with E-state index < -0.39 is 30.0 Å². The van der Waals surface area contributed by atoms with Crippen LogP contribution in [0.4, 0.5) is 0 Å². The monoisotopic (exact) mass is 414 g/mol. The Balaban J connectivity index is 1.87. The molecule has 3 rings (SSSR count). The van der Waals surface area contributed by atoms with Crippen molar-refractivity contribution in [2.45, 2.75) is 57.7 Å². The zero-order valence-electron chi connectivity index (χ0n) is 17.4. The zero-order valence-corrected chi connectivity index (χ0v) is 17.4. The first-order chi connectivity index (χ1) is 14.3. The number of amides is 2. The molecule has 4 unspecified atom stereocenters. The van der Waals surface area contributed by atoms with Gasteiger partial charge in [0.2, 0.25) is 11.8 Å². The van der Waals surface area contributed by atoms with E-state index in [9.17, 15) is 19.5 Å². The molecule has 1 aliphatic heterocycles. The van der Waals surface area contributed by atoms with Crippen LogP contribution in [0.2, 0.25) is 0 Å². The number of carbonyl (C=O) groups excluding carboxylic acids is 2. The van der Waals surface area contributed by atoms with Crippen molar-refractivity contribution < 1.29 is 19.5 Å². The van der Waals surface area contributed by atoms with Crippen molar-refractivity contribution >= 4 is 28.7 Å². The van der Waals surface area contributed by atoms with Crippen molar-refractivity contribution in [2.75, 3.05) is 6.54 Å². The Morgan fingerprint density at radius 3 is 2.77 bits per heavy atom. The second kappa shape index (κ2) is 9.30. The average Bonchev–Trinajstić information content (AvgIpc) is 3.39. The van der Waals surface area contributed by atoms with Crippen LogP contribution >= 0.6 is 0 Å². The van der Waals surface area contributed by atoms with E-state index in [0.29, 0.717) is 19.4 Å². The molecule has 2 aromatic rings. The fraction of sp³-hybridized carbons (Fsp3) is 0.500. The number of aliphatic carboxylic acids is 1. The fourth-order valence-corrected chi connectivity index (χ4v) is 3.99. The summed E-state index contributed by atoms with van der Waals surface area (Å²) >= 11 is 0. The van der Waals surface area contributed by atoms with Crippen molar-refractivity contribution in [3.05, 3.63) is 36.0 Å². The molecule has 0 saturated carbocycles. The second-order valence-electron chi connectivity index (χ2n) is 8.06. The van der Waals surface area contributed by atoms with E-state index in [-0.39, 0.29) is 18.2 Å². The van der Waals surface area contributed by atoms with Crippen molar-refractivity contribution in [2.24, 2.45) is 11.7 Å². The molecular weight excluding hydrogens is 384 g/mol. The van der Waals surface area contributed by atoms with Crippen molar-refractivity contribution in [3.8, 4) is 0 Å². The normalized spacial score (nSPS) is 19.4. The number of para-hydroxylation sites is 1. The van der Waals surface area contributed by atoms with E-state index in [1.165, 1.54) is 4.90 Å². The highest BCUT2D eigenvalue weighted by Gasteiger charge is 2.38. The number of carboxylic acid groups (broad SMARTS) is 1. The first kappa shape index (κ1) is 21.8. The van der Waals surface area contributed by atoms with Crippen molar-refractivity contribution in [3.63, 3.8) is 0 Å². The zero-order chi connectivity index (χ0) is 21.8. The second-order valence-corrected chi connectivity index (χ2v) is 8.06. The predicted octanol–water partition coefficient (Wildman–Crippen LogP) is 1.64. The highest BCUT2D eigenvalue weighted by atomic mass is 16.4. The lowest BCUT2D eigenvalue weighted by atomic mass is 9.98. The maximum absolute atomic E-state index is 13.3. The molecule has 1 aromatic carbocycles. The van der Waals surface area contributed by atoms with Crippen LogP contribution in [0.25, 0.3) is 10.9 Å². The molecule has 0 bridgehead atoms. The van der Waals surface area contributed by atoms with Crippen LogP contribution in [0.3, 0.4) is 0 Å². The summed E-state index contributed by atoms with van der Waals surface area (Å²) in [6.07, 6.45) is 3.86. The molecule has 162 valence electrons. The van der Waals surface area contributed by atoms with E-state index in [4.69, 9.17) is 5.73 Å². The van der Waals surface area contributed by atoms with Crippen LogP contribution in [0.5, 0.6) is 0 Å². The Morgan fingerprint density at radius 2 is 2.07 bits per heavy atom. The molecule has 2 amide bonds. The van der Waals surface area contributed by atoms with Crippen LogP contribution in [-0.2, 0) is 20.8 Å². The van der Waals surface area contributed by atoms with Crippen LogP contribution in [0, 0.1) is 5.92 Å². The van der Waals surface area contributed by atoms with Crippen LogP contribution in [-0.4, -0.2) is 57.4 Å². The molecule has 5 N–H and O–H groups in total.